The Morgan fingerprint density at radius 1 is 1.56 bits per heavy atom. The van der Waals surface area contributed by atoms with Crippen LogP contribution >= 0.6 is 0 Å². The Hall–Kier alpha value is -1.32. The number of aryl methyl sites for hydroxylation is 2. The van der Waals surface area contributed by atoms with Gasteiger partial charge in [0, 0.05) is 18.9 Å². The zero-order valence-corrected chi connectivity index (χ0v) is 11.2. The third kappa shape index (κ3) is 2.57. The molecule has 0 spiro atoms. The Bertz CT molecular complexity index is 417. The van der Waals surface area contributed by atoms with E-state index in [1.807, 2.05) is 17.8 Å². The summed E-state index contributed by atoms with van der Waals surface area (Å²) < 4.78 is 1.83. The molecule has 1 fully saturated rings. The maximum atomic E-state index is 11.6. The molecule has 18 heavy (non-hydrogen) atoms. The highest BCUT2D eigenvalue weighted by molar-refractivity contribution is 5.74. The number of hydrogen-bond acceptors (Lipinski definition) is 2. The fourth-order valence-corrected chi connectivity index (χ4v) is 2.90. The van der Waals surface area contributed by atoms with E-state index in [1.54, 1.807) is 6.20 Å². The van der Waals surface area contributed by atoms with Crippen LogP contribution in [-0.2, 0) is 18.3 Å². The first-order valence-corrected chi connectivity index (χ1v) is 6.74. The average molecular weight is 250 g/mol. The topological polar surface area (TPSA) is 55.1 Å². The molecular weight excluding hydrogens is 228 g/mol. The van der Waals surface area contributed by atoms with Gasteiger partial charge in [-0.3, -0.25) is 9.48 Å². The maximum absolute atomic E-state index is 11.6. The molecule has 1 N–H and O–H groups in total. The smallest absolute Gasteiger partial charge is 0.309 e. The van der Waals surface area contributed by atoms with E-state index in [9.17, 15) is 9.90 Å². The van der Waals surface area contributed by atoms with Crippen molar-refractivity contribution in [3.05, 3.63) is 18.0 Å². The van der Waals surface area contributed by atoms with Crippen LogP contribution in [0.25, 0.3) is 0 Å². The lowest BCUT2D eigenvalue weighted by atomic mass is 9.68. The Kier molecular flexibility index (Phi) is 3.73. The minimum atomic E-state index is -0.614. The van der Waals surface area contributed by atoms with Crippen molar-refractivity contribution in [2.24, 2.45) is 18.4 Å². The van der Waals surface area contributed by atoms with E-state index >= 15 is 0 Å². The first kappa shape index (κ1) is 13.1. The number of hydrogen-bond donors (Lipinski definition) is 1. The van der Waals surface area contributed by atoms with Crippen LogP contribution in [-0.4, -0.2) is 20.9 Å². The number of aromatic nitrogens is 2. The van der Waals surface area contributed by atoms with E-state index in [0.29, 0.717) is 5.92 Å². The van der Waals surface area contributed by atoms with Gasteiger partial charge in [0.05, 0.1) is 5.41 Å². The van der Waals surface area contributed by atoms with Crippen LogP contribution in [0.3, 0.4) is 0 Å². The zero-order chi connectivity index (χ0) is 13.2. The Morgan fingerprint density at radius 3 is 2.72 bits per heavy atom. The molecule has 1 aliphatic rings. The molecule has 100 valence electrons. The fourth-order valence-electron chi connectivity index (χ4n) is 2.90. The highest BCUT2D eigenvalue weighted by atomic mass is 16.4. The third-order valence-corrected chi connectivity index (χ3v) is 4.47. The summed E-state index contributed by atoms with van der Waals surface area (Å²) in [6.07, 6.45) is 7.02. The van der Waals surface area contributed by atoms with Gasteiger partial charge in [0.2, 0.25) is 0 Å². The van der Waals surface area contributed by atoms with Gasteiger partial charge in [0.15, 0.2) is 0 Å². The number of nitrogens with zero attached hydrogens (tertiary/aromatic N) is 2. The number of carboxylic acid groups (broad SMARTS) is 1. The first-order valence-electron chi connectivity index (χ1n) is 6.74. The Labute approximate surface area is 108 Å². The monoisotopic (exact) mass is 250 g/mol. The molecule has 4 nitrogen and oxygen atoms in total. The minimum absolute atomic E-state index is 0.503. The molecule has 0 aromatic carbocycles. The van der Waals surface area contributed by atoms with E-state index in [-0.39, 0.29) is 0 Å². The van der Waals surface area contributed by atoms with E-state index in [4.69, 9.17) is 0 Å². The number of aliphatic carboxylic acids is 1. The predicted molar refractivity (Wildman–Crippen MR) is 69.2 cm³/mol. The van der Waals surface area contributed by atoms with Crippen molar-refractivity contribution < 1.29 is 9.90 Å². The van der Waals surface area contributed by atoms with Crippen LogP contribution in [0.4, 0.5) is 0 Å². The minimum Gasteiger partial charge on any atom is -0.481 e. The van der Waals surface area contributed by atoms with Crippen molar-refractivity contribution in [3.8, 4) is 0 Å². The molecule has 1 aromatic rings. The van der Waals surface area contributed by atoms with Crippen molar-refractivity contribution in [1.29, 1.82) is 0 Å². The van der Waals surface area contributed by atoms with Gasteiger partial charge in [-0.1, -0.05) is 6.92 Å². The molecule has 0 saturated heterocycles. The molecule has 2 rings (SSSR count). The quantitative estimate of drug-likeness (QED) is 0.893. The lowest BCUT2D eigenvalue weighted by Gasteiger charge is -2.35. The second-order valence-electron chi connectivity index (χ2n) is 5.71. The molecule has 0 radical (unpaired) electrons. The highest BCUT2D eigenvalue weighted by Crippen LogP contribution is 2.42. The molecule has 1 aliphatic carbocycles. The molecule has 4 heteroatoms. The summed E-state index contributed by atoms with van der Waals surface area (Å²) in [7, 11) is 1.91. The predicted octanol–water partition coefficient (Wildman–Crippen LogP) is 2.63. The summed E-state index contributed by atoms with van der Waals surface area (Å²) in [5.74, 6) is 0.0609. The lowest BCUT2D eigenvalue weighted by molar-refractivity contribution is -0.152. The molecule has 0 amide bonds. The number of carbonyl (C=O) groups is 1. The summed E-state index contributed by atoms with van der Waals surface area (Å²) >= 11 is 0. The zero-order valence-electron chi connectivity index (χ0n) is 11.2. The van der Waals surface area contributed by atoms with Gasteiger partial charge in [0.1, 0.15) is 0 Å². The second kappa shape index (κ2) is 5.12. The average Bonchev–Trinajstić information content (AvgIpc) is 2.74. The summed E-state index contributed by atoms with van der Waals surface area (Å²) in [4.78, 5) is 11.6. The standard InChI is InChI=1S/C14H22N2O2/c1-11-3-7-14(8-4-11,13(17)18)9-5-12-6-10-15-16(12)2/h6,10-11H,3-5,7-9H2,1-2H3,(H,17,18). The summed E-state index contributed by atoms with van der Waals surface area (Å²) in [5, 5.41) is 13.7. The van der Waals surface area contributed by atoms with Crippen molar-refractivity contribution >= 4 is 5.97 Å². The molecular formula is C14H22N2O2. The van der Waals surface area contributed by atoms with Gasteiger partial charge >= 0.3 is 5.97 Å². The fraction of sp³-hybridized carbons (Fsp3) is 0.714. The van der Waals surface area contributed by atoms with Gasteiger partial charge in [-0.15, -0.1) is 0 Å². The van der Waals surface area contributed by atoms with Crippen LogP contribution in [0, 0.1) is 11.3 Å². The Morgan fingerprint density at radius 2 is 2.22 bits per heavy atom. The molecule has 0 unspecified atom stereocenters. The van der Waals surface area contributed by atoms with Gasteiger partial charge in [-0.2, -0.15) is 5.10 Å². The molecule has 1 heterocycles. The van der Waals surface area contributed by atoms with Crippen molar-refractivity contribution in [2.45, 2.75) is 45.4 Å². The molecule has 1 saturated carbocycles. The summed E-state index contributed by atoms with van der Waals surface area (Å²) in [6, 6.07) is 1.97. The van der Waals surface area contributed by atoms with Crippen molar-refractivity contribution in [2.75, 3.05) is 0 Å². The normalized spacial score (nSPS) is 28.2. The molecule has 1 aromatic heterocycles. The second-order valence-corrected chi connectivity index (χ2v) is 5.71. The third-order valence-electron chi connectivity index (χ3n) is 4.47. The van der Waals surface area contributed by atoms with Crippen LogP contribution in [0.1, 0.15) is 44.7 Å². The molecule has 0 bridgehead atoms. The van der Waals surface area contributed by atoms with E-state index < -0.39 is 11.4 Å². The van der Waals surface area contributed by atoms with Crippen LogP contribution < -0.4 is 0 Å². The summed E-state index contributed by atoms with van der Waals surface area (Å²) in [6.45, 7) is 2.22. The number of rotatable bonds is 4. The summed E-state index contributed by atoms with van der Waals surface area (Å²) in [5.41, 5.74) is 0.616. The number of carboxylic acids is 1. The SMILES string of the molecule is CC1CCC(CCc2ccnn2C)(C(=O)O)CC1. The van der Waals surface area contributed by atoms with E-state index in [0.717, 1.165) is 44.2 Å². The lowest BCUT2D eigenvalue weighted by Crippen LogP contribution is -2.35. The van der Waals surface area contributed by atoms with Gasteiger partial charge in [-0.05, 0) is 50.5 Å². The Balaban J connectivity index is 2.03. The highest BCUT2D eigenvalue weighted by Gasteiger charge is 2.40. The molecule has 0 aliphatic heterocycles. The van der Waals surface area contributed by atoms with E-state index in [1.165, 1.54) is 0 Å². The van der Waals surface area contributed by atoms with Crippen LogP contribution in [0.5, 0.6) is 0 Å². The van der Waals surface area contributed by atoms with Gasteiger partial charge in [-0.25, -0.2) is 0 Å². The van der Waals surface area contributed by atoms with Gasteiger partial charge in [0.25, 0.3) is 0 Å². The first-order chi connectivity index (χ1) is 8.53. The largest absolute Gasteiger partial charge is 0.481 e. The van der Waals surface area contributed by atoms with E-state index in [2.05, 4.69) is 12.0 Å². The van der Waals surface area contributed by atoms with Crippen LogP contribution in [0.15, 0.2) is 12.3 Å². The van der Waals surface area contributed by atoms with Gasteiger partial charge < -0.3 is 5.11 Å². The van der Waals surface area contributed by atoms with Crippen molar-refractivity contribution in [1.82, 2.24) is 9.78 Å². The van der Waals surface area contributed by atoms with Crippen LogP contribution in [0.2, 0.25) is 0 Å². The maximum Gasteiger partial charge on any atom is 0.309 e. The molecule has 0 atom stereocenters. The van der Waals surface area contributed by atoms with Crippen molar-refractivity contribution in [3.63, 3.8) is 0 Å².